The van der Waals surface area contributed by atoms with Crippen molar-refractivity contribution in [1.82, 2.24) is 5.32 Å². The molecule has 3 aromatic rings. The summed E-state index contributed by atoms with van der Waals surface area (Å²) in [6.45, 7) is 1.98. The number of nitrogens with one attached hydrogen (secondary N) is 3. The number of amides is 1. The number of carbonyl (C=O) groups excluding carboxylic acids is 1. The molecule has 0 fully saturated rings. The molecule has 0 aromatic heterocycles. The maximum Gasteiger partial charge on any atom is 0.262 e. The minimum absolute atomic E-state index is 0. The molecule has 0 unspecified atom stereocenters. The molecule has 6 N–H and O–H groups in total. The van der Waals surface area contributed by atoms with Crippen LogP contribution >= 0.6 is 12.4 Å². The summed E-state index contributed by atoms with van der Waals surface area (Å²) in [5.74, 6) is -0.175. The molecule has 11 heteroatoms. The van der Waals surface area contributed by atoms with Gasteiger partial charge in [-0.25, -0.2) is 8.42 Å². The van der Waals surface area contributed by atoms with Crippen molar-refractivity contribution in [3.8, 4) is 11.5 Å². The topological polar surface area (TPSA) is 155 Å². The minimum Gasteiger partial charge on any atom is -0.505 e. The van der Waals surface area contributed by atoms with Gasteiger partial charge in [0, 0.05) is 17.7 Å². The normalized spacial score (nSPS) is 10.7. The highest BCUT2D eigenvalue weighted by Crippen LogP contribution is 2.32. The number of phenolic OH excluding ortho intramolecular Hbond substituents is 1. The van der Waals surface area contributed by atoms with Gasteiger partial charge in [0.2, 0.25) is 5.91 Å². The Labute approximate surface area is 210 Å². The van der Waals surface area contributed by atoms with Gasteiger partial charge in [0.25, 0.3) is 10.0 Å². The monoisotopic (exact) mass is 518 g/mol. The van der Waals surface area contributed by atoms with E-state index in [-0.39, 0.29) is 53.4 Å². The Morgan fingerprint density at radius 3 is 2.26 bits per heavy atom. The van der Waals surface area contributed by atoms with Gasteiger partial charge in [-0.15, -0.1) is 12.4 Å². The Morgan fingerprint density at radius 1 is 1.06 bits per heavy atom. The van der Waals surface area contributed by atoms with E-state index >= 15 is 0 Å². The summed E-state index contributed by atoms with van der Waals surface area (Å²) in [7, 11) is -2.48. The molecule has 3 rings (SSSR count). The van der Waals surface area contributed by atoms with Gasteiger partial charge in [-0.05, 0) is 48.4 Å². The molecule has 0 aliphatic heterocycles. The van der Waals surface area contributed by atoms with Crippen LogP contribution < -0.4 is 20.5 Å². The Kier molecular flexibility index (Phi) is 9.10. The Bertz CT molecular complexity index is 1310. The molecule has 1 amide bonds. The van der Waals surface area contributed by atoms with Crippen molar-refractivity contribution in [3.05, 3.63) is 82.9 Å². The smallest absolute Gasteiger partial charge is 0.262 e. The predicted octanol–water partition coefficient (Wildman–Crippen LogP) is 3.07. The van der Waals surface area contributed by atoms with Crippen LogP contribution in [-0.4, -0.2) is 32.4 Å². The molecule has 3 aromatic carbocycles. The van der Waals surface area contributed by atoms with Crippen molar-refractivity contribution >= 4 is 39.9 Å². The van der Waals surface area contributed by atoms with Gasteiger partial charge in [-0.1, -0.05) is 30.3 Å². The maximum absolute atomic E-state index is 12.7. The lowest BCUT2D eigenvalue weighted by Gasteiger charge is -2.15. The molecule has 0 saturated carbocycles. The third-order valence-corrected chi connectivity index (χ3v) is 6.60. The highest BCUT2D eigenvalue weighted by molar-refractivity contribution is 7.92. The van der Waals surface area contributed by atoms with E-state index in [2.05, 4.69) is 10.0 Å². The standard InChI is InChI=1S/C24H26N4O5S.ClH/c1-15-3-12-21(28-34(31,32)19-10-8-18(33-2)9-11-19)23(30)20(15)13-22(29)27-14-16-4-6-17(7-5-16)24(25)26;/h3-12,28,30H,13-14H2,1-2H3,(H3,25,26)(H,27,29);1H. The number of sulfonamides is 1. The number of carbonyl (C=O) groups is 1. The van der Waals surface area contributed by atoms with Crippen LogP contribution in [-0.2, 0) is 27.8 Å². The molecular formula is C24H27ClN4O5S. The van der Waals surface area contributed by atoms with Gasteiger partial charge in [-0.3, -0.25) is 14.9 Å². The first-order valence-electron chi connectivity index (χ1n) is 10.3. The largest absolute Gasteiger partial charge is 0.505 e. The number of aryl methyl sites for hydroxylation is 1. The zero-order chi connectivity index (χ0) is 24.9. The van der Waals surface area contributed by atoms with E-state index in [4.69, 9.17) is 15.9 Å². The summed E-state index contributed by atoms with van der Waals surface area (Å²) in [4.78, 5) is 12.5. The lowest BCUT2D eigenvalue weighted by Crippen LogP contribution is -2.25. The van der Waals surface area contributed by atoms with E-state index < -0.39 is 10.0 Å². The van der Waals surface area contributed by atoms with Crippen molar-refractivity contribution in [2.24, 2.45) is 5.73 Å². The summed E-state index contributed by atoms with van der Waals surface area (Å²) in [6.07, 6.45) is -0.138. The number of nitrogens with two attached hydrogens (primary N) is 1. The molecule has 9 nitrogen and oxygen atoms in total. The number of anilines is 1. The van der Waals surface area contributed by atoms with E-state index in [9.17, 15) is 18.3 Å². The average molecular weight is 519 g/mol. The number of halogens is 1. The number of nitrogen functional groups attached to an aromatic ring is 1. The van der Waals surface area contributed by atoms with E-state index in [1.807, 2.05) is 0 Å². The van der Waals surface area contributed by atoms with E-state index in [1.165, 1.54) is 37.4 Å². The first-order chi connectivity index (χ1) is 16.1. The van der Waals surface area contributed by atoms with Crippen molar-refractivity contribution in [2.45, 2.75) is 24.8 Å². The number of methoxy groups -OCH3 is 1. The van der Waals surface area contributed by atoms with Crippen LogP contribution in [0.15, 0.2) is 65.6 Å². The second-order valence-corrected chi connectivity index (χ2v) is 9.28. The Morgan fingerprint density at radius 2 is 1.69 bits per heavy atom. The van der Waals surface area contributed by atoms with Crippen LogP contribution in [0.25, 0.3) is 0 Å². The fourth-order valence-electron chi connectivity index (χ4n) is 3.23. The highest BCUT2D eigenvalue weighted by Gasteiger charge is 2.20. The minimum atomic E-state index is -3.96. The SMILES string of the molecule is COc1ccc(S(=O)(=O)Nc2ccc(C)c(CC(=O)NCc3ccc(C(=N)N)cc3)c2O)cc1.Cl. The van der Waals surface area contributed by atoms with Crippen molar-refractivity contribution in [1.29, 1.82) is 5.41 Å². The summed E-state index contributed by atoms with van der Waals surface area (Å²) >= 11 is 0. The second kappa shape index (κ2) is 11.6. The van der Waals surface area contributed by atoms with Crippen molar-refractivity contribution in [2.75, 3.05) is 11.8 Å². The number of hydrogen-bond acceptors (Lipinski definition) is 6. The number of aromatic hydroxyl groups is 1. The molecule has 0 bridgehead atoms. The molecule has 0 saturated heterocycles. The predicted molar refractivity (Wildman–Crippen MR) is 137 cm³/mol. The van der Waals surface area contributed by atoms with Gasteiger partial charge in [0.15, 0.2) is 0 Å². The highest BCUT2D eigenvalue weighted by atomic mass is 35.5. The van der Waals surface area contributed by atoms with Gasteiger partial charge in [0.05, 0.1) is 24.1 Å². The summed E-state index contributed by atoms with van der Waals surface area (Å²) in [6, 6.07) is 15.8. The van der Waals surface area contributed by atoms with Crippen LogP contribution in [0, 0.1) is 12.3 Å². The van der Waals surface area contributed by atoms with Crippen LogP contribution in [0.1, 0.15) is 22.3 Å². The first kappa shape index (κ1) is 27.5. The van der Waals surface area contributed by atoms with Crippen molar-refractivity contribution in [3.63, 3.8) is 0 Å². The molecule has 0 radical (unpaired) electrons. The lowest BCUT2D eigenvalue weighted by molar-refractivity contribution is -0.120. The zero-order valence-electron chi connectivity index (χ0n) is 19.2. The molecule has 186 valence electrons. The third-order valence-electron chi connectivity index (χ3n) is 5.22. The van der Waals surface area contributed by atoms with E-state index in [0.29, 0.717) is 22.4 Å². The molecule has 0 aliphatic carbocycles. The average Bonchev–Trinajstić information content (AvgIpc) is 2.82. The summed E-state index contributed by atoms with van der Waals surface area (Å²) < 4.78 is 32.9. The van der Waals surface area contributed by atoms with Crippen LogP contribution in [0.2, 0.25) is 0 Å². The molecule has 0 atom stereocenters. The van der Waals surface area contributed by atoms with Crippen molar-refractivity contribution < 1.29 is 23.1 Å². The summed E-state index contributed by atoms with van der Waals surface area (Å²) in [5.41, 5.74) is 7.78. The molecular weight excluding hydrogens is 492 g/mol. The zero-order valence-corrected chi connectivity index (χ0v) is 20.8. The third kappa shape index (κ3) is 6.87. The number of ether oxygens (including phenoxy) is 1. The number of benzene rings is 3. The Balaban J connectivity index is 0.00000432. The van der Waals surface area contributed by atoms with Gasteiger partial charge in [-0.2, -0.15) is 0 Å². The first-order valence-corrected chi connectivity index (χ1v) is 11.8. The van der Waals surface area contributed by atoms with Gasteiger partial charge < -0.3 is 20.9 Å². The lowest BCUT2D eigenvalue weighted by atomic mass is 10.0. The Hall–Kier alpha value is -3.76. The quantitative estimate of drug-likeness (QED) is 0.166. The molecule has 0 heterocycles. The fourth-order valence-corrected chi connectivity index (χ4v) is 4.29. The molecule has 35 heavy (non-hydrogen) atoms. The molecule has 0 spiro atoms. The molecule has 0 aliphatic rings. The van der Waals surface area contributed by atoms with Gasteiger partial charge >= 0.3 is 0 Å². The number of rotatable bonds is 9. The number of phenols is 1. The van der Waals surface area contributed by atoms with E-state index in [1.54, 1.807) is 37.3 Å². The fraction of sp³-hybridized carbons (Fsp3) is 0.167. The number of hydrogen-bond donors (Lipinski definition) is 5. The summed E-state index contributed by atoms with van der Waals surface area (Å²) in [5, 5.41) is 20.9. The van der Waals surface area contributed by atoms with Crippen LogP contribution in [0.4, 0.5) is 5.69 Å². The maximum atomic E-state index is 12.7. The van der Waals surface area contributed by atoms with E-state index in [0.717, 1.165) is 5.56 Å². The van der Waals surface area contributed by atoms with Crippen LogP contribution in [0.5, 0.6) is 11.5 Å². The van der Waals surface area contributed by atoms with Crippen LogP contribution in [0.3, 0.4) is 0 Å². The second-order valence-electron chi connectivity index (χ2n) is 7.60. The van der Waals surface area contributed by atoms with Gasteiger partial charge in [0.1, 0.15) is 17.3 Å². The number of amidine groups is 1.